The highest BCUT2D eigenvalue weighted by molar-refractivity contribution is 6.60. The molecule has 43 heavy (non-hydrogen) atoms. The van der Waals surface area contributed by atoms with Crippen molar-refractivity contribution in [3.8, 4) is 0 Å². The lowest BCUT2D eigenvalue weighted by atomic mass is 10.0. The van der Waals surface area contributed by atoms with E-state index in [-0.39, 0.29) is 0 Å². The molecular weight excluding hydrogens is 545 g/mol. The van der Waals surface area contributed by atoms with E-state index in [4.69, 9.17) is 13.3 Å². The molecule has 0 aliphatic rings. The molecule has 0 saturated carbocycles. The van der Waals surface area contributed by atoms with Crippen molar-refractivity contribution in [2.75, 3.05) is 14.2 Å². The van der Waals surface area contributed by atoms with Crippen LogP contribution in [0.25, 0.3) is 0 Å². The molecule has 0 heterocycles. The lowest BCUT2D eigenvalue weighted by Gasteiger charge is -2.31. The standard InChI is InChI=1S/C39H82O3Si/c1-6-9-12-15-18-21-24-27-30-33-36-39(37-34-31-28-25-22-19-16-13-10-7-2)42-43(40-4,41-5)38-35-32-29-26-23-20-17-14-11-8-3/h39H,6-38H2,1-5H3. The van der Waals surface area contributed by atoms with Gasteiger partial charge in [0.1, 0.15) is 0 Å². The van der Waals surface area contributed by atoms with E-state index in [0.717, 1.165) is 6.04 Å². The summed E-state index contributed by atoms with van der Waals surface area (Å²) in [5, 5.41) is 0. The molecule has 0 fully saturated rings. The maximum absolute atomic E-state index is 6.88. The second kappa shape index (κ2) is 35.0. The van der Waals surface area contributed by atoms with E-state index in [0.29, 0.717) is 6.10 Å². The third-order valence-corrected chi connectivity index (χ3v) is 12.5. The van der Waals surface area contributed by atoms with Gasteiger partial charge in [0.2, 0.25) is 0 Å². The van der Waals surface area contributed by atoms with Crippen LogP contribution < -0.4 is 0 Å². The van der Waals surface area contributed by atoms with Gasteiger partial charge in [-0.15, -0.1) is 0 Å². The predicted molar refractivity (Wildman–Crippen MR) is 194 cm³/mol. The van der Waals surface area contributed by atoms with Crippen LogP contribution in [0.5, 0.6) is 0 Å². The maximum Gasteiger partial charge on any atom is 0.500 e. The number of hydrogen-bond acceptors (Lipinski definition) is 3. The van der Waals surface area contributed by atoms with Crippen LogP contribution in [-0.4, -0.2) is 29.1 Å². The molecule has 0 N–H and O–H groups in total. The first kappa shape index (κ1) is 43.1. The third kappa shape index (κ3) is 29.3. The Bertz CT molecular complexity index is 487. The van der Waals surface area contributed by atoms with Crippen molar-refractivity contribution in [2.24, 2.45) is 0 Å². The van der Waals surface area contributed by atoms with Gasteiger partial charge in [0, 0.05) is 26.4 Å². The molecule has 0 spiro atoms. The van der Waals surface area contributed by atoms with Crippen LogP contribution in [0.3, 0.4) is 0 Å². The first-order valence-electron chi connectivity index (χ1n) is 20.0. The van der Waals surface area contributed by atoms with Gasteiger partial charge in [-0.25, -0.2) is 0 Å². The van der Waals surface area contributed by atoms with Gasteiger partial charge >= 0.3 is 8.80 Å². The fraction of sp³-hybridized carbons (Fsp3) is 1.00. The van der Waals surface area contributed by atoms with Gasteiger partial charge in [0.15, 0.2) is 0 Å². The minimum atomic E-state index is -2.59. The van der Waals surface area contributed by atoms with E-state index >= 15 is 0 Å². The summed E-state index contributed by atoms with van der Waals surface area (Å²) in [6.45, 7) is 6.90. The summed E-state index contributed by atoms with van der Waals surface area (Å²) in [4.78, 5) is 0. The number of unbranched alkanes of at least 4 members (excludes halogenated alkanes) is 27. The molecule has 0 aliphatic carbocycles. The quantitative estimate of drug-likeness (QED) is 0.0507. The Hall–Kier alpha value is 0.0969. The minimum absolute atomic E-state index is 0.303. The average molecular weight is 627 g/mol. The van der Waals surface area contributed by atoms with Crippen molar-refractivity contribution in [1.82, 2.24) is 0 Å². The number of rotatable bonds is 37. The topological polar surface area (TPSA) is 27.7 Å². The van der Waals surface area contributed by atoms with Gasteiger partial charge in [-0.2, -0.15) is 0 Å². The fourth-order valence-electron chi connectivity index (χ4n) is 6.51. The smallest absolute Gasteiger partial charge is 0.377 e. The van der Waals surface area contributed by atoms with Crippen molar-refractivity contribution >= 4 is 8.80 Å². The van der Waals surface area contributed by atoms with Gasteiger partial charge in [0.05, 0.1) is 0 Å². The molecule has 3 nitrogen and oxygen atoms in total. The van der Waals surface area contributed by atoms with E-state index in [1.165, 1.54) is 205 Å². The summed E-state index contributed by atoms with van der Waals surface area (Å²) in [6.07, 6.45) is 44.0. The largest absolute Gasteiger partial charge is 0.500 e. The van der Waals surface area contributed by atoms with Gasteiger partial charge in [-0.1, -0.05) is 207 Å². The Kier molecular flexibility index (Phi) is 35.0. The minimum Gasteiger partial charge on any atom is -0.377 e. The van der Waals surface area contributed by atoms with E-state index in [9.17, 15) is 0 Å². The van der Waals surface area contributed by atoms with Crippen molar-refractivity contribution in [3.05, 3.63) is 0 Å². The second-order valence-electron chi connectivity index (χ2n) is 13.7. The van der Waals surface area contributed by atoms with E-state index in [1.54, 1.807) is 0 Å². The van der Waals surface area contributed by atoms with Crippen molar-refractivity contribution in [3.63, 3.8) is 0 Å². The van der Waals surface area contributed by atoms with Gasteiger partial charge in [-0.05, 0) is 19.3 Å². The monoisotopic (exact) mass is 627 g/mol. The summed E-state index contributed by atoms with van der Waals surface area (Å²) >= 11 is 0. The Morgan fingerprint density at radius 1 is 0.349 bits per heavy atom. The summed E-state index contributed by atoms with van der Waals surface area (Å²) in [5.41, 5.74) is 0. The molecule has 0 bridgehead atoms. The molecule has 0 aromatic carbocycles. The van der Waals surface area contributed by atoms with E-state index in [1.807, 2.05) is 14.2 Å². The molecule has 0 aliphatic heterocycles. The van der Waals surface area contributed by atoms with Crippen LogP contribution >= 0.6 is 0 Å². The second-order valence-corrected chi connectivity index (χ2v) is 16.6. The maximum atomic E-state index is 6.88. The molecular formula is C39H82O3Si. The predicted octanol–water partition coefficient (Wildman–Crippen LogP) is 14.1. The van der Waals surface area contributed by atoms with Crippen LogP contribution in [0, 0.1) is 0 Å². The molecule has 4 heteroatoms. The Labute approximate surface area is 274 Å². The lowest BCUT2D eigenvalue weighted by molar-refractivity contribution is 0.0442. The molecule has 0 rings (SSSR count). The molecule has 0 atom stereocenters. The van der Waals surface area contributed by atoms with Crippen LogP contribution in [0.4, 0.5) is 0 Å². The molecule has 0 aromatic heterocycles. The zero-order valence-corrected chi connectivity index (χ0v) is 31.6. The highest BCUT2D eigenvalue weighted by atomic mass is 28.4. The molecule has 260 valence electrons. The average Bonchev–Trinajstić information content (AvgIpc) is 3.02. The Balaban J connectivity index is 4.48. The molecule has 0 radical (unpaired) electrons. The zero-order chi connectivity index (χ0) is 31.5. The van der Waals surface area contributed by atoms with E-state index < -0.39 is 8.80 Å². The highest BCUT2D eigenvalue weighted by Gasteiger charge is 2.40. The zero-order valence-electron chi connectivity index (χ0n) is 30.6. The normalized spacial score (nSPS) is 12.1. The first-order chi connectivity index (χ1) is 21.2. The lowest BCUT2D eigenvalue weighted by Crippen LogP contribution is -2.46. The van der Waals surface area contributed by atoms with Crippen LogP contribution in [-0.2, 0) is 13.3 Å². The highest BCUT2D eigenvalue weighted by Crippen LogP contribution is 2.26. The van der Waals surface area contributed by atoms with Crippen molar-refractivity contribution in [2.45, 2.75) is 238 Å². The van der Waals surface area contributed by atoms with Crippen molar-refractivity contribution < 1.29 is 13.3 Å². The SMILES string of the molecule is CCCCCCCCCCCCC(CCCCCCCCCCCC)O[Si](CCCCCCCCCCCC)(OC)OC. The summed E-state index contributed by atoms with van der Waals surface area (Å²) in [5.74, 6) is 0. The summed E-state index contributed by atoms with van der Waals surface area (Å²) < 4.78 is 19.1. The molecule has 0 aromatic rings. The van der Waals surface area contributed by atoms with Crippen molar-refractivity contribution in [1.29, 1.82) is 0 Å². The van der Waals surface area contributed by atoms with Crippen LogP contribution in [0.15, 0.2) is 0 Å². The third-order valence-electron chi connectivity index (χ3n) is 9.56. The molecule has 0 saturated heterocycles. The fourth-order valence-corrected chi connectivity index (χ4v) is 8.82. The Morgan fingerprint density at radius 2 is 0.605 bits per heavy atom. The van der Waals surface area contributed by atoms with Crippen LogP contribution in [0.1, 0.15) is 226 Å². The number of hydrogen-bond donors (Lipinski definition) is 0. The van der Waals surface area contributed by atoms with Gasteiger partial charge in [0.25, 0.3) is 0 Å². The summed E-state index contributed by atoms with van der Waals surface area (Å²) in [6, 6.07) is 0.975. The van der Waals surface area contributed by atoms with Crippen LogP contribution in [0.2, 0.25) is 6.04 Å². The first-order valence-corrected chi connectivity index (χ1v) is 21.9. The molecule has 0 amide bonds. The van der Waals surface area contributed by atoms with Gasteiger partial charge < -0.3 is 13.3 Å². The van der Waals surface area contributed by atoms with Gasteiger partial charge in [-0.3, -0.25) is 0 Å². The Morgan fingerprint density at radius 3 is 0.884 bits per heavy atom. The summed E-state index contributed by atoms with van der Waals surface area (Å²) in [7, 11) is 1.08. The molecule has 0 unspecified atom stereocenters. The van der Waals surface area contributed by atoms with E-state index in [2.05, 4.69) is 20.8 Å².